The minimum absolute atomic E-state index is 0.00294. The summed E-state index contributed by atoms with van der Waals surface area (Å²) < 4.78 is 27.7. The number of hydrogen-bond donors (Lipinski definition) is 2. The molecule has 5 heteroatoms. The van der Waals surface area contributed by atoms with Crippen molar-refractivity contribution in [1.82, 2.24) is 10.0 Å². The Labute approximate surface area is 123 Å². The van der Waals surface area contributed by atoms with Crippen LogP contribution >= 0.6 is 0 Å². The average molecular weight is 298 g/mol. The monoisotopic (exact) mass is 298 g/mol. The first kappa shape index (κ1) is 17.1. The molecule has 0 radical (unpaired) electrons. The minimum atomic E-state index is -3.44. The lowest BCUT2D eigenvalue weighted by molar-refractivity contribution is 0.529. The van der Waals surface area contributed by atoms with Crippen LogP contribution in [0.1, 0.15) is 44.7 Å². The van der Waals surface area contributed by atoms with Gasteiger partial charge < -0.3 is 5.32 Å². The van der Waals surface area contributed by atoms with E-state index in [0.29, 0.717) is 11.4 Å². The van der Waals surface area contributed by atoms with Gasteiger partial charge in [0.2, 0.25) is 10.0 Å². The number of nitrogens with one attached hydrogen (secondary N) is 2. The zero-order valence-electron chi connectivity index (χ0n) is 12.9. The van der Waals surface area contributed by atoms with E-state index in [4.69, 9.17) is 0 Å². The fourth-order valence-electron chi connectivity index (χ4n) is 2.14. The van der Waals surface area contributed by atoms with Gasteiger partial charge in [0, 0.05) is 12.6 Å². The standard InChI is InChI=1S/C15H26N2O2S/c1-5-14(6-2)17-20(18,19)15-10-8-9-13(12(15)4)11-16-7-3/h8-10,14,16-17H,5-7,11H2,1-4H3. The van der Waals surface area contributed by atoms with Gasteiger partial charge in [0.25, 0.3) is 0 Å². The van der Waals surface area contributed by atoms with Crippen LogP contribution in [-0.2, 0) is 16.6 Å². The minimum Gasteiger partial charge on any atom is -0.313 e. The lowest BCUT2D eigenvalue weighted by atomic mass is 10.1. The molecular formula is C15H26N2O2S. The second kappa shape index (κ2) is 7.76. The average Bonchev–Trinajstić information content (AvgIpc) is 2.43. The van der Waals surface area contributed by atoms with Crippen LogP contribution < -0.4 is 10.0 Å². The molecule has 1 aromatic carbocycles. The zero-order valence-corrected chi connectivity index (χ0v) is 13.7. The van der Waals surface area contributed by atoms with Crippen LogP contribution in [0.15, 0.2) is 23.1 Å². The van der Waals surface area contributed by atoms with Gasteiger partial charge in [-0.2, -0.15) is 0 Å². The summed E-state index contributed by atoms with van der Waals surface area (Å²) in [6.07, 6.45) is 1.59. The van der Waals surface area contributed by atoms with Gasteiger partial charge in [-0.1, -0.05) is 32.9 Å². The first-order valence-electron chi connectivity index (χ1n) is 7.27. The van der Waals surface area contributed by atoms with E-state index in [1.807, 2.05) is 33.8 Å². The Morgan fingerprint density at radius 2 is 1.80 bits per heavy atom. The van der Waals surface area contributed by atoms with E-state index >= 15 is 0 Å². The molecule has 0 aliphatic heterocycles. The molecule has 0 aliphatic rings. The number of sulfonamides is 1. The van der Waals surface area contributed by atoms with Crippen LogP contribution in [0.25, 0.3) is 0 Å². The Morgan fingerprint density at radius 3 is 2.35 bits per heavy atom. The molecule has 20 heavy (non-hydrogen) atoms. The molecule has 0 fully saturated rings. The Hall–Kier alpha value is -0.910. The van der Waals surface area contributed by atoms with Crippen molar-refractivity contribution in [3.05, 3.63) is 29.3 Å². The van der Waals surface area contributed by atoms with Crippen LogP contribution in [0.2, 0.25) is 0 Å². The van der Waals surface area contributed by atoms with Gasteiger partial charge in [0.15, 0.2) is 0 Å². The second-order valence-electron chi connectivity index (χ2n) is 4.96. The van der Waals surface area contributed by atoms with E-state index in [1.165, 1.54) is 0 Å². The maximum Gasteiger partial charge on any atom is 0.241 e. The molecule has 0 aliphatic carbocycles. The third kappa shape index (κ3) is 4.30. The number of rotatable bonds is 8. The molecule has 0 amide bonds. The summed E-state index contributed by atoms with van der Waals surface area (Å²) in [4.78, 5) is 0.389. The van der Waals surface area contributed by atoms with E-state index in [9.17, 15) is 8.42 Å². The highest BCUT2D eigenvalue weighted by molar-refractivity contribution is 7.89. The van der Waals surface area contributed by atoms with Gasteiger partial charge in [0.05, 0.1) is 4.90 Å². The van der Waals surface area contributed by atoms with E-state index in [1.54, 1.807) is 12.1 Å². The van der Waals surface area contributed by atoms with Crippen LogP contribution in [-0.4, -0.2) is 21.0 Å². The van der Waals surface area contributed by atoms with Gasteiger partial charge in [0.1, 0.15) is 0 Å². The van der Waals surface area contributed by atoms with Gasteiger partial charge in [-0.25, -0.2) is 13.1 Å². The lowest BCUT2D eigenvalue weighted by Crippen LogP contribution is -2.34. The molecule has 0 spiro atoms. The second-order valence-corrected chi connectivity index (χ2v) is 6.64. The predicted octanol–water partition coefficient (Wildman–Crippen LogP) is 2.57. The van der Waals surface area contributed by atoms with Gasteiger partial charge in [-0.05, 0) is 43.5 Å². The molecule has 0 saturated carbocycles. The van der Waals surface area contributed by atoms with Crippen LogP contribution in [0.3, 0.4) is 0 Å². The normalized spacial score (nSPS) is 12.1. The van der Waals surface area contributed by atoms with Crippen molar-refractivity contribution in [1.29, 1.82) is 0 Å². The first-order chi connectivity index (χ1) is 9.46. The quantitative estimate of drug-likeness (QED) is 0.775. The third-order valence-electron chi connectivity index (χ3n) is 3.56. The Morgan fingerprint density at radius 1 is 1.15 bits per heavy atom. The molecule has 1 aromatic rings. The van der Waals surface area contributed by atoms with Crippen LogP contribution in [0.4, 0.5) is 0 Å². The maximum atomic E-state index is 12.5. The molecule has 1 rings (SSSR count). The van der Waals surface area contributed by atoms with Crippen molar-refractivity contribution in [2.75, 3.05) is 6.54 Å². The van der Waals surface area contributed by atoms with Gasteiger partial charge in [-0.3, -0.25) is 0 Å². The molecule has 0 heterocycles. The Balaban J connectivity index is 3.06. The van der Waals surface area contributed by atoms with Crippen molar-refractivity contribution in [2.24, 2.45) is 0 Å². The van der Waals surface area contributed by atoms with Crippen molar-refractivity contribution in [2.45, 2.75) is 58.0 Å². The smallest absolute Gasteiger partial charge is 0.241 e. The summed E-state index contributed by atoms with van der Waals surface area (Å²) in [5.74, 6) is 0. The highest BCUT2D eigenvalue weighted by Crippen LogP contribution is 2.19. The fourth-order valence-corrected chi connectivity index (χ4v) is 3.83. The fraction of sp³-hybridized carbons (Fsp3) is 0.600. The molecule has 2 N–H and O–H groups in total. The molecule has 114 valence electrons. The number of benzene rings is 1. The van der Waals surface area contributed by atoms with Gasteiger partial charge in [-0.15, -0.1) is 0 Å². The van der Waals surface area contributed by atoms with Crippen molar-refractivity contribution < 1.29 is 8.42 Å². The Kier molecular flexibility index (Phi) is 6.65. The van der Waals surface area contributed by atoms with Crippen molar-refractivity contribution in [3.8, 4) is 0 Å². The molecule has 0 unspecified atom stereocenters. The molecular weight excluding hydrogens is 272 g/mol. The molecule has 0 saturated heterocycles. The summed E-state index contributed by atoms with van der Waals surface area (Å²) in [7, 11) is -3.44. The highest BCUT2D eigenvalue weighted by Gasteiger charge is 2.20. The largest absolute Gasteiger partial charge is 0.313 e. The maximum absolute atomic E-state index is 12.5. The van der Waals surface area contributed by atoms with Gasteiger partial charge >= 0.3 is 0 Å². The third-order valence-corrected chi connectivity index (χ3v) is 5.22. The Bertz CT molecular complexity index is 523. The molecule has 0 aromatic heterocycles. The first-order valence-corrected chi connectivity index (χ1v) is 8.76. The zero-order chi connectivity index (χ0) is 15.2. The van der Waals surface area contributed by atoms with Crippen LogP contribution in [0.5, 0.6) is 0 Å². The van der Waals surface area contributed by atoms with Crippen molar-refractivity contribution in [3.63, 3.8) is 0 Å². The van der Waals surface area contributed by atoms with Crippen molar-refractivity contribution >= 4 is 10.0 Å². The summed E-state index contributed by atoms with van der Waals surface area (Å²) in [5.41, 5.74) is 1.85. The highest BCUT2D eigenvalue weighted by atomic mass is 32.2. The molecule has 0 bridgehead atoms. The SMILES string of the molecule is CCNCc1cccc(S(=O)(=O)NC(CC)CC)c1C. The summed E-state index contributed by atoms with van der Waals surface area (Å²) in [5, 5.41) is 3.23. The van der Waals surface area contributed by atoms with E-state index in [2.05, 4.69) is 10.0 Å². The van der Waals surface area contributed by atoms with E-state index < -0.39 is 10.0 Å². The summed E-state index contributed by atoms with van der Waals surface area (Å²) >= 11 is 0. The predicted molar refractivity (Wildman–Crippen MR) is 83.3 cm³/mol. The van der Waals surface area contributed by atoms with Crippen LogP contribution in [0, 0.1) is 6.92 Å². The summed E-state index contributed by atoms with van der Waals surface area (Å²) in [6, 6.07) is 5.45. The van der Waals surface area contributed by atoms with E-state index in [0.717, 1.165) is 30.5 Å². The van der Waals surface area contributed by atoms with E-state index in [-0.39, 0.29) is 6.04 Å². The molecule has 0 atom stereocenters. The molecule has 4 nitrogen and oxygen atoms in total. The topological polar surface area (TPSA) is 58.2 Å². The lowest BCUT2D eigenvalue weighted by Gasteiger charge is -2.17. The number of hydrogen-bond acceptors (Lipinski definition) is 3. The summed E-state index contributed by atoms with van der Waals surface area (Å²) in [6.45, 7) is 9.44.